The van der Waals surface area contributed by atoms with Crippen LogP contribution in [-0.2, 0) is 15.7 Å². The third kappa shape index (κ3) is 2.61. The molecule has 98 valence electrons. The summed E-state index contributed by atoms with van der Waals surface area (Å²) >= 11 is 0. The van der Waals surface area contributed by atoms with Crippen LogP contribution in [0.3, 0.4) is 0 Å². The minimum absolute atomic E-state index is 0.247. The minimum Gasteiger partial charge on any atom is -0.377 e. The van der Waals surface area contributed by atoms with Gasteiger partial charge in [-0.15, -0.1) is 0 Å². The van der Waals surface area contributed by atoms with E-state index >= 15 is 0 Å². The van der Waals surface area contributed by atoms with Crippen LogP contribution in [0.5, 0.6) is 0 Å². The highest BCUT2D eigenvalue weighted by Gasteiger charge is 2.31. The van der Waals surface area contributed by atoms with Crippen molar-refractivity contribution in [1.29, 1.82) is 0 Å². The van der Waals surface area contributed by atoms with E-state index in [1.54, 1.807) is 0 Å². The Morgan fingerprint density at radius 2 is 2.22 bits per heavy atom. The van der Waals surface area contributed by atoms with Crippen LogP contribution in [0.4, 0.5) is 13.2 Å². The van der Waals surface area contributed by atoms with Gasteiger partial charge in [0.2, 0.25) is 6.41 Å². The van der Waals surface area contributed by atoms with Crippen LogP contribution in [0.2, 0.25) is 0 Å². The lowest BCUT2D eigenvalue weighted by Crippen LogP contribution is -2.38. The van der Waals surface area contributed by atoms with Crippen molar-refractivity contribution in [1.82, 2.24) is 9.88 Å². The van der Waals surface area contributed by atoms with Gasteiger partial charge in [0.1, 0.15) is 0 Å². The number of ether oxygens (including phenoxy) is 1. The molecule has 0 spiro atoms. The second kappa shape index (κ2) is 4.93. The van der Waals surface area contributed by atoms with Crippen LogP contribution in [-0.4, -0.2) is 36.1 Å². The SMILES string of the molecule is O=CN1CCOC[C@@H]1c1ccc(C(F)(F)F)cn1. The minimum atomic E-state index is -4.40. The topological polar surface area (TPSA) is 42.4 Å². The van der Waals surface area contributed by atoms with Crippen molar-refractivity contribution in [2.45, 2.75) is 12.2 Å². The lowest BCUT2D eigenvalue weighted by Gasteiger charge is -2.32. The number of hydrogen-bond acceptors (Lipinski definition) is 3. The summed E-state index contributed by atoms with van der Waals surface area (Å²) in [6.07, 6.45) is -2.97. The summed E-state index contributed by atoms with van der Waals surface area (Å²) < 4.78 is 42.3. The van der Waals surface area contributed by atoms with Gasteiger partial charge in [0.05, 0.1) is 30.5 Å². The number of morpholine rings is 1. The fourth-order valence-electron chi connectivity index (χ4n) is 1.77. The molecule has 1 aromatic heterocycles. The maximum atomic E-state index is 12.4. The molecule has 0 bridgehead atoms. The van der Waals surface area contributed by atoms with Crippen LogP contribution in [0.25, 0.3) is 0 Å². The third-order valence-electron chi connectivity index (χ3n) is 2.76. The Labute approximate surface area is 101 Å². The van der Waals surface area contributed by atoms with Crippen molar-refractivity contribution in [3.8, 4) is 0 Å². The maximum Gasteiger partial charge on any atom is 0.417 e. The standard InChI is InChI=1S/C11H11F3N2O2/c12-11(13,14)8-1-2-9(15-5-8)10-6-18-4-3-16(10)7-17/h1-2,5,7,10H,3-4,6H2/t10-/m1/s1. The van der Waals surface area contributed by atoms with Gasteiger partial charge in [0.15, 0.2) is 0 Å². The summed E-state index contributed by atoms with van der Waals surface area (Å²) in [5, 5.41) is 0. The number of halogens is 3. The molecule has 18 heavy (non-hydrogen) atoms. The molecule has 7 heteroatoms. The molecule has 1 atom stereocenters. The van der Waals surface area contributed by atoms with Gasteiger partial charge in [0.25, 0.3) is 0 Å². The molecule has 0 N–H and O–H groups in total. The smallest absolute Gasteiger partial charge is 0.377 e. The molecule has 0 aromatic carbocycles. The highest BCUT2D eigenvalue weighted by molar-refractivity contribution is 5.48. The quantitative estimate of drug-likeness (QED) is 0.759. The molecule has 4 nitrogen and oxygen atoms in total. The number of amides is 1. The van der Waals surface area contributed by atoms with E-state index in [1.807, 2.05) is 0 Å². The van der Waals surface area contributed by atoms with Crippen LogP contribution in [0.15, 0.2) is 18.3 Å². The molecule has 1 amide bonds. The second-order valence-electron chi connectivity index (χ2n) is 3.90. The largest absolute Gasteiger partial charge is 0.417 e. The second-order valence-corrected chi connectivity index (χ2v) is 3.90. The number of alkyl halides is 3. The summed E-state index contributed by atoms with van der Waals surface area (Å²) in [4.78, 5) is 16.1. The molecule has 1 aromatic rings. The predicted octanol–water partition coefficient (Wildman–Crippen LogP) is 1.63. The van der Waals surface area contributed by atoms with Crippen LogP contribution < -0.4 is 0 Å². The van der Waals surface area contributed by atoms with Gasteiger partial charge in [-0.25, -0.2) is 0 Å². The number of pyridine rings is 1. The van der Waals surface area contributed by atoms with E-state index in [-0.39, 0.29) is 6.61 Å². The Hall–Kier alpha value is -1.63. The fourth-order valence-corrected chi connectivity index (χ4v) is 1.77. The van der Waals surface area contributed by atoms with Crippen LogP contribution in [0, 0.1) is 0 Å². The predicted molar refractivity (Wildman–Crippen MR) is 55.6 cm³/mol. The highest BCUT2D eigenvalue weighted by Crippen LogP contribution is 2.29. The molecule has 2 heterocycles. The van der Waals surface area contributed by atoms with E-state index in [2.05, 4.69) is 4.98 Å². The van der Waals surface area contributed by atoms with E-state index in [9.17, 15) is 18.0 Å². The average Bonchev–Trinajstić information content (AvgIpc) is 2.38. The number of aromatic nitrogens is 1. The molecule has 0 aliphatic carbocycles. The normalized spacial score (nSPS) is 20.8. The first-order chi connectivity index (χ1) is 8.52. The average molecular weight is 260 g/mol. The van der Waals surface area contributed by atoms with Crippen molar-refractivity contribution < 1.29 is 22.7 Å². The van der Waals surface area contributed by atoms with Crippen molar-refractivity contribution >= 4 is 6.41 Å². The monoisotopic (exact) mass is 260 g/mol. The number of carbonyl (C=O) groups excluding carboxylic acids is 1. The zero-order valence-electron chi connectivity index (χ0n) is 9.35. The Morgan fingerprint density at radius 3 is 2.78 bits per heavy atom. The van der Waals surface area contributed by atoms with Gasteiger partial charge >= 0.3 is 6.18 Å². The lowest BCUT2D eigenvalue weighted by atomic mass is 10.1. The zero-order valence-corrected chi connectivity index (χ0v) is 9.35. The van der Waals surface area contributed by atoms with Gasteiger partial charge in [-0.1, -0.05) is 0 Å². The van der Waals surface area contributed by atoms with Gasteiger partial charge in [-0.3, -0.25) is 9.78 Å². The summed E-state index contributed by atoms with van der Waals surface area (Å²) in [6.45, 7) is 1.09. The summed E-state index contributed by atoms with van der Waals surface area (Å²) in [6, 6.07) is 1.82. The molecule has 0 radical (unpaired) electrons. The number of carbonyl (C=O) groups is 1. The fraction of sp³-hybridized carbons (Fsp3) is 0.455. The first kappa shape index (κ1) is 12.8. The Morgan fingerprint density at radius 1 is 1.44 bits per heavy atom. The van der Waals surface area contributed by atoms with Gasteiger partial charge in [0, 0.05) is 12.7 Å². The van der Waals surface area contributed by atoms with Gasteiger partial charge < -0.3 is 9.64 Å². The number of nitrogens with zero attached hydrogens (tertiary/aromatic N) is 2. The molecule has 1 fully saturated rings. The molecule has 1 aliphatic rings. The molecule has 1 saturated heterocycles. The first-order valence-corrected chi connectivity index (χ1v) is 5.34. The Balaban J connectivity index is 2.20. The number of hydrogen-bond donors (Lipinski definition) is 0. The summed E-state index contributed by atoms with van der Waals surface area (Å²) in [5.41, 5.74) is -0.407. The lowest BCUT2D eigenvalue weighted by molar-refractivity contribution is -0.138. The highest BCUT2D eigenvalue weighted by atomic mass is 19.4. The van der Waals surface area contributed by atoms with E-state index in [4.69, 9.17) is 4.74 Å². The van der Waals surface area contributed by atoms with E-state index in [0.717, 1.165) is 12.3 Å². The summed E-state index contributed by atoms with van der Waals surface area (Å²) in [5.74, 6) is 0. The maximum absolute atomic E-state index is 12.4. The van der Waals surface area contributed by atoms with Crippen LogP contribution >= 0.6 is 0 Å². The van der Waals surface area contributed by atoms with Gasteiger partial charge in [-0.05, 0) is 12.1 Å². The van der Waals surface area contributed by atoms with E-state index in [1.165, 1.54) is 11.0 Å². The van der Waals surface area contributed by atoms with Crippen LogP contribution in [0.1, 0.15) is 17.3 Å². The van der Waals surface area contributed by atoms with Crippen molar-refractivity contribution in [3.63, 3.8) is 0 Å². The molecule has 1 aliphatic heterocycles. The molecule has 2 rings (SSSR count). The molecule has 0 unspecified atom stereocenters. The zero-order chi connectivity index (χ0) is 13.2. The number of rotatable bonds is 2. The molecule has 0 saturated carbocycles. The van der Waals surface area contributed by atoms with Gasteiger partial charge in [-0.2, -0.15) is 13.2 Å². The molecular weight excluding hydrogens is 249 g/mol. The van der Waals surface area contributed by atoms with E-state index in [0.29, 0.717) is 25.3 Å². The first-order valence-electron chi connectivity index (χ1n) is 5.34. The van der Waals surface area contributed by atoms with Crippen molar-refractivity contribution in [3.05, 3.63) is 29.6 Å². The molecular formula is C11H11F3N2O2. The Bertz CT molecular complexity index is 419. The van der Waals surface area contributed by atoms with Crippen molar-refractivity contribution in [2.24, 2.45) is 0 Å². The Kier molecular flexibility index (Phi) is 3.51. The van der Waals surface area contributed by atoms with E-state index < -0.39 is 17.8 Å². The van der Waals surface area contributed by atoms with Crippen molar-refractivity contribution in [2.75, 3.05) is 19.8 Å². The summed E-state index contributed by atoms with van der Waals surface area (Å²) in [7, 11) is 0. The third-order valence-corrected chi connectivity index (χ3v) is 2.76.